The van der Waals surface area contributed by atoms with Crippen LogP contribution in [0, 0.1) is 12.7 Å². The third kappa shape index (κ3) is 5.91. The summed E-state index contributed by atoms with van der Waals surface area (Å²) in [6.45, 7) is 1.36. The van der Waals surface area contributed by atoms with Gasteiger partial charge in [-0.05, 0) is 60.0 Å². The van der Waals surface area contributed by atoms with Crippen LogP contribution >= 0.6 is 11.6 Å². The first kappa shape index (κ1) is 26.2. The number of hydrogen-bond donors (Lipinski definition) is 2. The Morgan fingerprint density at radius 1 is 0.919 bits per heavy atom. The van der Waals surface area contributed by atoms with E-state index in [1.165, 1.54) is 43.5 Å². The van der Waals surface area contributed by atoms with Gasteiger partial charge in [0, 0.05) is 18.3 Å². The Bertz CT molecular complexity index is 1390. The fourth-order valence-electron chi connectivity index (χ4n) is 4.36. The smallest absolute Gasteiger partial charge is 0.322 e. The molecule has 0 aliphatic heterocycles. The van der Waals surface area contributed by atoms with Gasteiger partial charge in [0.05, 0.1) is 16.3 Å². The van der Waals surface area contributed by atoms with E-state index in [2.05, 4.69) is 15.6 Å². The number of hydrogen-bond acceptors (Lipinski definition) is 2. The van der Waals surface area contributed by atoms with Crippen molar-refractivity contribution in [3.63, 3.8) is 0 Å². The molecule has 1 heterocycles. The van der Waals surface area contributed by atoms with Gasteiger partial charge < -0.3 is 10.6 Å². The number of rotatable bonds is 6. The summed E-state index contributed by atoms with van der Waals surface area (Å²) in [5.74, 6) is -0.554. The van der Waals surface area contributed by atoms with Crippen LogP contribution in [-0.4, -0.2) is 11.0 Å². The molecule has 0 aliphatic carbocycles. The standard InChI is InChI=1S/C28H22ClF4N3O/c1-18-23(11-6-12-24(18)28(31,32)33)27(16-19-7-3-2-4-8-19,25-14-13-20(29)17-34-25)36-26(37)35-22-10-5-9-21(30)15-22/h2-15,17H,16H2,1H3,(H2,35,36,37)/t27-/m0/s1. The van der Waals surface area contributed by atoms with Gasteiger partial charge in [-0.25, -0.2) is 9.18 Å². The summed E-state index contributed by atoms with van der Waals surface area (Å²) >= 11 is 6.07. The second-order valence-electron chi connectivity index (χ2n) is 8.49. The second kappa shape index (κ2) is 10.6. The quantitative estimate of drug-likeness (QED) is 0.255. The summed E-state index contributed by atoms with van der Waals surface area (Å²) in [4.78, 5) is 17.7. The minimum atomic E-state index is -4.62. The topological polar surface area (TPSA) is 54.0 Å². The Hall–Kier alpha value is -3.91. The van der Waals surface area contributed by atoms with Crippen LogP contribution in [-0.2, 0) is 18.1 Å². The maximum atomic E-state index is 13.9. The van der Waals surface area contributed by atoms with Crippen molar-refractivity contribution in [1.29, 1.82) is 0 Å². The predicted octanol–water partition coefficient (Wildman–Crippen LogP) is 7.51. The average molecular weight is 528 g/mol. The molecule has 0 aliphatic rings. The SMILES string of the molecule is Cc1c(C(F)(F)F)cccc1[C@](Cc1ccccc1)(NC(=O)Nc1cccc(F)c1)c1ccc(Cl)cn1. The second-order valence-corrected chi connectivity index (χ2v) is 8.93. The number of carbonyl (C=O) groups is 1. The van der Waals surface area contributed by atoms with Crippen molar-refractivity contribution in [2.45, 2.75) is 25.1 Å². The number of amides is 2. The molecule has 0 radical (unpaired) electrons. The molecule has 0 unspecified atom stereocenters. The molecule has 0 spiro atoms. The van der Waals surface area contributed by atoms with Gasteiger partial charge in [0.1, 0.15) is 11.4 Å². The van der Waals surface area contributed by atoms with Crippen molar-refractivity contribution < 1.29 is 22.4 Å². The third-order valence-electron chi connectivity index (χ3n) is 5.99. The fraction of sp³-hybridized carbons (Fsp3) is 0.143. The normalized spacial score (nSPS) is 13.0. The van der Waals surface area contributed by atoms with Gasteiger partial charge in [-0.2, -0.15) is 13.2 Å². The lowest BCUT2D eigenvalue weighted by molar-refractivity contribution is -0.138. The van der Waals surface area contributed by atoms with Crippen LogP contribution in [0.15, 0.2) is 91.1 Å². The van der Waals surface area contributed by atoms with E-state index in [1.807, 2.05) is 6.07 Å². The van der Waals surface area contributed by atoms with Crippen molar-refractivity contribution >= 4 is 23.3 Å². The van der Waals surface area contributed by atoms with Gasteiger partial charge >= 0.3 is 12.2 Å². The molecule has 0 saturated carbocycles. The van der Waals surface area contributed by atoms with Gasteiger partial charge in [0.25, 0.3) is 0 Å². The molecule has 4 rings (SSSR count). The number of nitrogens with zero attached hydrogens (tertiary/aromatic N) is 1. The number of carbonyl (C=O) groups excluding carboxylic acids is 1. The highest BCUT2D eigenvalue weighted by molar-refractivity contribution is 6.30. The monoisotopic (exact) mass is 527 g/mol. The number of alkyl halides is 3. The molecule has 2 N–H and O–H groups in total. The summed E-state index contributed by atoms with van der Waals surface area (Å²) in [6, 6.07) is 20.5. The lowest BCUT2D eigenvalue weighted by Gasteiger charge is -2.37. The maximum Gasteiger partial charge on any atom is 0.416 e. The Kier molecular flexibility index (Phi) is 7.50. The molecule has 3 aromatic carbocycles. The molecule has 0 saturated heterocycles. The lowest BCUT2D eigenvalue weighted by Crippen LogP contribution is -2.51. The number of urea groups is 1. The summed E-state index contributed by atoms with van der Waals surface area (Å²) in [5.41, 5.74) is -1.04. The zero-order chi connectivity index (χ0) is 26.6. The third-order valence-corrected chi connectivity index (χ3v) is 6.21. The molecule has 0 fully saturated rings. The summed E-state index contributed by atoms with van der Waals surface area (Å²) in [6.07, 6.45) is -3.18. The van der Waals surface area contributed by atoms with Crippen LogP contribution in [0.1, 0.15) is 27.9 Å². The van der Waals surface area contributed by atoms with Crippen LogP contribution in [0.25, 0.3) is 0 Å². The molecule has 4 nitrogen and oxygen atoms in total. The molecule has 4 aromatic rings. The van der Waals surface area contributed by atoms with E-state index in [9.17, 15) is 22.4 Å². The lowest BCUT2D eigenvalue weighted by atomic mass is 9.77. The van der Waals surface area contributed by atoms with Crippen molar-refractivity contribution in [2.75, 3.05) is 5.32 Å². The minimum absolute atomic E-state index is 0.0614. The molecule has 2 amide bonds. The zero-order valence-corrected chi connectivity index (χ0v) is 20.4. The first-order chi connectivity index (χ1) is 17.6. The van der Waals surface area contributed by atoms with Gasteiger partial charge in [-0.1, -0.05) is 60.1 Å². The number of halogens is 5. The van der Waals surface area contributed by atoms with Crippen LogP contribution in [0.3, 0.4) is 0 Å². The van der Waals surface area contributed by atoms with E-state index in [-0.39, 0.29) is 28.9 Å². The highest BCUT2D eigenvalue weighted by Gasteiger charge is 2.42. The van der Waals surface area contributed by atoms with Gasteiger partial charge in [0.2, 0.25) is 0 Å². The average Bonchev–Trinajstić information content (AvgIpc) is 2.84. The molecule has 1 atom stereocenters. The predicted molar refractivity (Wildman–Crippen MR) is 135 cm³/mol. The summed E-state index contributed by atoms with van der Waals surface area (Å²) < 4.78 is 55.5. The van der Waals surface area contributed by atoms with Crippen LogP contribution in [0.2, 0.25) is 5.02 Å². The number of aromatic nitrogens is 1. The zero-order valence-electron chi connectivity index (χ0n) is 19.6. The number of pyridine rings is 1. The van der Waals surface area contributed by atoms with E-state index in [4.69, 9.17) is 11.6 Å². The van der Waals surface area contributed by atoms with E-state index in [1.54, 1.807) is 36.4 Å². The Labute approximate surface area is 216 Å². The Balaban J connectivity index is 1.92. The van der Waals surface area contributed by atoms with Crippen LogP contribution in [0.4, 0.5) is 28.0 Å². The van der Waals surface area contributed by atoms with Crippen molar-refractivity contribution in [3.05, 3.63) is 130 Å². The first-order valence-electron chi connectivity index (χ1n) is 11.3. The van der Waals surface area contributed by atoms with E-state index in [0.717, 1.165) is 17.7 Å². The maximum absolute atomic E-state index is 13.9. The van der Waals surface area contributed by atoms with E-state index < -0.39 is 29.1 Å². The molecule has 0 bridgehead atoms. The highest BCUT2D eigenvalue weighted by atomic mass is 35.5. The molecule has 1 aromatic heterocycles. The van der Waals surface area contributed by atoms with Crippen molar-refractivity contribution in [1.82, 2.24) is 10.3 Å². The molecule has 37 heavy (non-hydrogen) atoms. The first-order valence-corrected chi connectivity index (χ1v) is 11.6. The Morgan fingerprint density at radius 2 is 1.62 bits per heavy atom. The van der Waals surface area contributed by atoms with E-state index in [0.29, 0.717) is 5.02 Å². The molecule has 9 heteroatoms. The fourth-order valence-corrected chi connectivity index (χ4v) is 4.47. The van der Waals surface area contributed by atoms with Gasteiger partial charge in [-0.3, -0.25) is 4.98 Å². The highest BCUT2D eigenvalue weighted by Crippen LogP contribution is 2.40. The summed E-state index contributed by atoms with van der Waals surface area (Å²) in [7, 11) is 0. The number of anilines is 1. The summed E-state index contributed by atoms with van der Waals surface area (Å²) in [5, 5.41) is 5.77. The minimum Gasteiger partial charge on any atom is -0.322 e. The number of nitrogens with one attached hydrogen (secondary N) is 2. The van der Waals surface area contributed by atoms with Gasteiger partial charge in [0.15, 0.2) is 0 Å². The van der Waals surface area contributed by atoms with Crippen LogP contribution < -0.4 is 10.6 Å². The molecular weight excluding hydrogens is 506 g/mol. The van der Waals surface area contributed by atoms with E-state index >= 15 is 0 Å². The van der Waals surface area contributed by atoms with Crippen molar-refractivity contribution in [2.24, 2.45) is 0 Å². The molecule has 190 valence electrons. The van der Waals surface area contributed by atoms with Crippen LogP contribution in [0.5, 0.6) is 0 Å². The Morgan fingerprint density at radius 3 is 2.27 bits per heavy atom. The number of benzene rings is 3. The molecular formula is C28H22ClF4N3O. The van der Waals surface area contributed by atoms with Gasteiger partial charge in [-0.15, -0.1) is 0 Å². The van der Waals surface area contributed by atoms with Crippen molar-refractivity contribution in [3.8, 4) is 0 Å². The largest absolute Gasteiger partial charge is 0.416 e.